The van der Waals surface area contributed by atoms with Gasteiger partial charge in [0, 0.05) is 45.6 Å². The highest BCUT2D eigenvalue weighted by molar-refractivity contribution is 5.97. The summed E-state index contributed by atoms with van der Waals surface area (Å²) in [7, 11) is 2.99. The van der Waals surface area contributed by atoms with Crippen LogP contribution < -0.4 is 16.0 Å². The van der Waals surface area contributed by atoms with Crippen molar-refractivity contribution in [2.24, 2.45) is 14.1 Å². The van der Waals surface area contributed by atoms with Gasteiger partial charge in [0.1, 0.15) is 5.60 Å². The summed E-state index contributed by atoms with van der Waals surface area (Å²) in [4.78, 5) is 45.4. The third-order valence-electron chi connectivity index (χ3n) is 6.69. The fourth-order valence-electron chi connectivity index (χ4n) is 4.85. The Bertz CT molecular complexity index is 1440. The summed E-state index contributed by atoms with van der Waals surface area (Å²) in [6.45, 7) is 0.780. The van der Waals surface area contributed by atoms with E-state index in [-0.39, 0.29) is 33.9 Å². The summed E-state index contributed by atoms with van der Waals surface area (Å²) in [6, 6.07) is 4.23. The van der Waals surface area contributed by atoms with E-state index >= 15 is 0 Å². The maximum absolute atomic E-state index is 13.1. The number of carbonyl (C=O) groups is 1. The number of aromatic nitrogens is 4. The number of carbonyl (C=O) groups excluding carboxylic acids is 1. The number of halogens is 3. The highest BCUT2D eigenvalue weighted by atomic mass is 19.4. The lowest BCUT2D eigenvalue weighted by Crippen LogP contribution is -2.38. The van der Waals surface area contributed by atoms with Crippen LogP contribution in [0.15, 0.2) is 27.8 Å². The zero-order valence-electron chi connectivity index (χ0n) is 18.5. The lowest BCUT2D eigenvalue weighted by atomic mass is 9.90. The van der Waals surface area contributed by atoms with Gasteiger partial charge in [-0.2, -0.15) is 13.2 Å². The van der Waals surface area contributed by atoms with Crippen molar-refractivity contribution in [3.8, 4) is 5.88 Å². The monoisotopic (exact) mass is 477 g/mol. The Balaban J connectivity index is 1.37. The highest BCUT2D eigenvalue weighted by Gasteiger charge is 2.44. The molecule has 2 aromatic heterocycles. The zero-order chi connectivity index (χ0) is 24.4. The molecule has 1 amide bonds. The number of nitrogens with one attached hydrogen (secondary N) is 1. The van der Waals surface area contributed by atoms with Crippen molar-refractivity contribution in [3.63, 3.8) is 0 Å². The Hall–Kier alpha value is -3.57. The number of H-pyrrole nitrogens is 1. The third kappa shape index (κ3) is 3.48. The summed E-state index contributed by atoms with van der Waals surface area (Å²) in [5, 5.41) is 0. The Kier molecular flexibility index (Phi) is 4.88. The molecular formula is C22H22F3N5O4. The van der Waals surface area contributed by atoms with Crippen LogP contribution in [0.1, 0.15) is 41.0 Å². The molecule has 1 atom stereocenters. The van der Waals surface area contributed by atoms with E-state index in [1.54, 1.807) is 11.9 Å². The first kappa shape index (κ1) is 22.2. The molecule has 5 rings (SSSR count). The minimum Gasteiger partial charge on any atom is -0.471 e. The first-order valence-electron chi connectivity index (χ1n) is 10.8. The van der Waals surface area contributed by atoms with Gasteiger partial charge in [-0.25, -0.2) is 9.78 Å². The Labute approximate surface area is 190 Å². The second kappa shape index (κ2) is 7.47. The Morgan fingerprint density at radius 1 is 1.15 bits per heavy atom. The molecule has 0 bridgehead atoms. The number of nitrogens with zero attached hydrogens (tertiary/aromatic N) is 4. The van der Waals surface area contributed by atoms with Crippen LogP contribution in [0.4, 0.5) is 13.2 Å². The summed E-state index contributed by atoms with van der Waals surface area (Å²) in [5.41, 5.74) is -0.558. The maximum atomic E-state index is 13.1. The molecule has 2 aliphatic rings. The predicted molar refractivity (Wildman–Crippen MR) is 115 cm³/mol. The molecule has 180 valence electrons. The summed E-state index contributed by atoms with van der Waals surface area (Å²) in [5.74, 6) is -1.14. The highest BCUT2D eigenvalue weighted by Crippen LogP contribution is 2.39. The quantitative estimate of drug-likeness (QED) is 0.578. The van der Waals surface area contributed by atoms with Gasteiger partial charge in [0.2, 0.25) is 11.7 Å². The van der Waals surface area contributed by atoms with Gasteiger partial charge in [-0.1, -0.05) is 0 Å². The third-order valence-corrected chi connectivity index (χ3v) is 6.69. The number of hydrogen-bond acceptors (Lipinski definition) is 5. The number of hydrogen-bond donors (Lipinski definition) is 1. The van der Waals surface area contributed by atoms with Crippen molar-refractivity contribution in [1.82, 2.24) is 24.0 Å². The van der Waals surface area contributed by atoms with Crippen LogP contribution in [0.2, 0.25) is 0 Å². The number of fused-ring (bicyclic) bond motifs is 2. The number of aromatic amines is 1. The molecule has 1 N–H and O–H groups in total. The van der Waals surface area contributed by atoms with Gasteiger partial charge in [-0.05, 0) is 31.0 Å². The molecule has 0 saturated carbocycles. The van der Waals surface area contributed by atoms with Crippen molar-refractivity contribution in [2.45, 2.75) is 37.5 Å². The smallest absolute Gasteiger partial charge is 0.449 e. The van der Waals surface area contributed by atoms with E-state index < -0.39 is 23.3 Å². The Morgan fingerprint density at radius 3 is 2.65 bits per heavy atom. The average Bonchev–Trinajstić information content (AvgIpc) is 3.33. The molecule has 0 radical (unpaired) electrons. The van der Waals surface area contributed by atoms with Crippen molar-refractivity contribution < 1.29 is 22.7 Å². The number of ether oxygens (including phenoxy) is 1. The topological polar surface area (TPSA) is 102 Å². The lowest BCUT2D eigenvalue weighted by Gasteiger charge is -2.27. The Morgan fingerprint density at radius 2 is 1.91 bits per heavy atom. The van der Waals surface area contributed by atoms with Gasteiger partial charge in [0.25, 0.3) is 11.5 Å². The van der Waals surface area contributed by atoms with Gasteiger partial charge in [0.05, 0.1) is 16.6 Å². The van der Waals surface area contributed by atoms with Gasteiger partial charge in [0.15, 0.2) is 0 Å². The van der Waals surface area contributed by atoms with Gasteiger partial charge < -0.3 is 14.6 Å². The average molecular weight is 477 g/mol. The van der Waals surface area contributed by atoms with E-state index in [0.29, 0.717) is 44.3 Å². The lowest BCUT2D eigenvalue weighted by molar-refractivity contribution is -0.144. The summed E-state index contributed by atoms with van der Waals surface area (Å²) < 4.78 is 47.4. The van der Waals surface area contributed by atoms with E-state index in [9.17, 15) is 27.6 Å². The molecule has 1 saturated heterocycles. The molecule has 1 aromatic carbocycles. The van der Waals surface area contributed by atoms with Crippen LogP contribution in [0.25, 0.3) is 11.0 Å². The number of alkyl halides is 3. The van der Waals surface area contributed by atoms with Crippen LogP contribution in [-0.4, -0.2) is 48.6 Å². The fourth-order valence-corrected chi connectivity index (χ4v) is 4.85. The molecule has 3 aromatic rings. The molecule has 34 heavy (non-hydrogen) atoms. The first-order valence-corrected chi connectivity index (χ1v) is 10.8. The van der Waals surface area contributed by atoms with E-state index in [0.717, 1.165) is 4.57 Å². The minimum atomic E-state index is -4.61. The van der Waals surface area contributed by atoms with Crippen molar-refractivity contribution in [3.05, 3.63) is 56.0 Å². The molecule has 0 aliphatic carbocycles. The van der Waals surface area contributed by atoms with Crippen LogP contribution in [0.3, 0.4) is 0 Å². The predicted octanol–water partition coefficient (Wildman–Crippen LogP) is 1.98. The normalized spacial score (nSPS) is 20.4. The van der Waals surface area contributed by atoms with Crippen LogP contribution in [0, 0.1) is 0 Å². The van der Waals surface area contributed by atoms with Crippen LogP contribution in [0.5, 0.6) is 5.88 Å². The van der Waals surface area contributed by atoms with Crippen LogP contribution >= 0.6 is 0 Å². The molecule has 1 unspecified atom stereocenters. The molecule has 9 nitrogen and oxygen atoms in total. The van der Waals surface area contributed by atoms with Crippen molar-refractivity contribution in [1.29, 1.82) is 0 Å². The van der Waals surface area contributed by atoms with E-state index in [2.05, 4.69) is 9.97 Å². The van der Waals surface area contributed by atoms with Gasteiger partial charge >= 0.3 is 11.9 Å². The number of likely N-dealkylation sites (tertiary alicyclic amines) is 1. The minimum absolute atomic E-state index is 0.128. The SMILES string of the molecule is Cn1c2c(c(=O)n(C)c1=O)CC1(CCCN(C(=O)c3ccc4nc(C(F)(F)F)[nH]c4c3)CC1)O2. The zero-order valence-corrected chi connectivity index (χ0v) is 18.5. The molecule has 4 heterocycles. The second-order valence-electron chi connectivity index (χ2n) is 8.91. The number of rotatable bonds is 1. The molecule has 12 heteroatoms. The largest absolute Gasteiger partial charge is 0.471 e. The molecule has 2 aliphatic heterocycles. The molecule has 1 spiro atoms. The van der Waals surface area contributed by atoms with E-state index in [1.165, 1.54) is 29.8 Å². The number of amides is 1. The van der Waals surface area contributed by atoms with Crippen molar-refractivity contribution in [2.75, 3.05) is 13.1 Å². The standard InChI is InChI=1S/C22H22F3N5O4/c1-28-17(32)13-11-21(34-18(13)29(2)20(28)33)6-3-8-30(9-7-21)16(31)12-4-5-14-15(10-12)27-19(26-14)22(23,24)25/h4-5,10H,3,6-9,11H2,1-2H3,(H,26,27). The first-order chi connectivity index (χ1) is 16.0. The van der Waals surface area contributed by atoms with Gasteiger partial charge in [-0.15, -0.1) is 0 Å². The second-order valence-corrected chi connectivity index (χ2v) is 8.91. The van der Waals surface area contributed by atoms with E-state index in [4.69, 9.17) is 4.74 Å². The van der Waals surface area contributed by atoms with Gasteiger partial charge in [-0.3, -0.25) is 18.7 Å². The summed E-state index contributed by atoms with van der Waals surface area (Å²) in [6.07, 6.45) is -2.59. The van der Waals surface area contributed by atoms with Crippen molar-refractivity contribution >= 4 is 16.9 Å². The van der Waals surface area contributed by atoms with E-state index in [1.807, 2.05) is 0 Å². The number of imidazole rings is 1. The summed E-state index contributed by atoms with van der Waals surface area (Å²) >= 11 is 0. The van der Waals surface area contributed by atoms with Crippen LogP contribution in [-0.2, 0) is 26.7 Å². The maximum Gasteiger partial charge on any atom is 0.449 e. The molecule has 1 fully saturated rings. The fraction of sp³-hybridized carbons (Fsp3) is 0.455. The number of benzene rings is 1. The molecular weight excluding hydrogens is 455 g/mol.